The van der Waals surface area contributed by atoms with E-state index in [-0.39, 0.29) is 18.7 Å². The summed E-state index contributed by atoms with van der Waals surface area (Å²) in [7, 11) is 0. The van der Waals surface area contributed by atoms with E-state index in [4.69, 9.17) is 0 Å². The molecule has 8 nitrogen and oxygen atoms in total. The number of aliphatic carboxylic acids is 2. The van der Waals surface area contributed by atoms with Gasteiger partial charge in [-0.15, -0.1) is 0 Å². The van der Waals surface area contributed by atoms with E-state index in [2.05, 4.69) is 22.9 Å². The Morgan fingerprint density at radius 2 is 1.24 bits per heavy atom. The molecule has 33 heavy (non-hydrogen) atoms. The normalized spacial score (nSPS) is 13.9. The molecule has 0 rings (SSSR count). The van der Waals surface area contributed by atoms with Gasteiger partial charge in [0, 0.05) is 12.8 Å². The van der Waals surface area contributed by atoms with Crippen LogP contribution >= 0.6 is 0 Å². The van der Waals surface area contributed by atoms with Gasteiger partial charge in [0.15, 0.2) is 5.66 Å². The van der Waals surface area contributed by atoms with Crippen LogP contribution in [0.4, 0.5) is 0 Å². The van der Waals surface area contributed by atoms with E-state index in [1.165, 1.54) is 32.1 Å². The second kappa shape index (κ2) is 19.8. The van der Waals surface area contributed by atoms with Crippen molar-refractivity contribution in [2.75, 3.05) is 13.1 Å². The first kappa shape index (κ1) is 31.3. The van der Waals surface area contributed by atoms with Crippen LogP contribution in [0.1, 0.15) is 117 Å². The molecule has 0 aliphatic heterocycles. The summed E-state index contributed by atoms with van der Waals surface area (Å²) in [6.07, 6.45) is 13.4. The Kier molecular flexibility index (Phi) is 18.8. The van der Waals surface area contributed by atoms with Crippen LogP contribution < -0.4 is 16.0 Å². The summed E-state index contributed by atoms with van der Waals surface area (Å²) >= 11 is 0. The lowest BCUT2D eigenvalue weighted by atomic mass is 9.98. The van der Waals surface area contributed by atoms with Crippen LogP contribution in [0.15, 0.2) is 0 Å². The smallest absolute Gasteiger partial charge is 0.344 e. The van der Waals surface area contributed by atoms with Crippen LogP contribution in [0.25, 0.3) is 0 Å². The van der Waals surface area contributed by atoms with Gasteiger partial charge < -0.3 is 20.8 Å². The summed E-state index contributed by atoms with van der Waals surface area (Å²) in [4.78, 5) is 36.7. The second-order valence-electron chi connectivity index (χ2n) is 9.02. The number of rotatable bonds is 23. The standard InChI is InChI=1S/C25H49N3O5/c1-4-7-10-11-12-13-14-15-16-17-22(29)28-25(24(32)33,27-19-9-6-3)20-21(23(30)31)26-18-8-5-2/h21,26-27H,4-20H2,1-3H3,(H,28,29)(H,30,31)(H,32,33)/t21?,25-/m0/s1. The monoisotopic (exact) mass is 471 g/mol. The average Bonchev–Trinajstić information content (AvgIpc) is 2.77. The van der Waals surface area contributed by atoms with Crippen molar-refractivity contribution in [2.45, 2.75) is 129 Å². The first-order chi connectivity index (χ1) is 15.8. The number of hydrogen-bond acceptors (Lipinski definition) is 5. The molecule has 0 saturated heterocycles. The predicted octanol–water partition coefficient (Wildman–Crippen LogP) is 4.43. The number of carbonyl (C=O) groups is 3. The quantitative estimate of drug-likeness (QED) is 0.110. The number of carbonyl (C=O) groups excluding carboxylic acids is 1. The first-order valence-electron chi connectivity index (χ1n) is 13.1. The minimum Gasteiger partial charge on any atom is -0.480 e. The van der Waals surface area contributed by atoms with E-state index in [0.717, 1.165) is 44.9 Å². The molecular weight excluding hydrogens is 422 g/mol. The lowest BCUT2D eigenvalue weighted by molar-refractivity contribution is -0.152. The van der Waals surface area contributed by atoms with Gasteiger partial charge in [0.05, 0.1) is 0 Å². The summed E-state index contributed by atoms with van der Waals surface area (Å²) in [5.41, 5.74) is -1.81. The van der Waals surface area contributed by atoms with Gasteiger partial charge in [-0.05, 0) is 32.4 Å². The molecule has 0 aromatic heterocycles. The Balaban J connectivity index is 4.88. The molecule has 0 fully saturated rings. The summed E-state index contributed by atoms with van der Waals surface area (Å²) in [5, 5.41) is 28.1. The van der Waals surface area contributed by atoms with Crippen molar-refractivity contribution < 1.29 is 24.6 Å². The molecule has 1 unspecified atom stereocenters. The van der Waals surface area contributed by atoms with Crippen molar-refractivity contribution in [3.63, 3.8) is 0 Å². The maximum absolute atomic E-state index is 12.6. The van der Waals surface area contributed by atoms with E-state index >= 15 is 0 Å². The molecule has 0 aromatic carbocycles. The zero-order chi connectivity index (χ0) is 25.0. The van der Waals surface area contributed by atoms with Gasteiger partial charge in [-0.3, -0.25) is 14.9 Å². The first-order valence-corrected chi connectivity index (χ1v) is 13.1. The molecule has 0 radical (unpaired) electrons. The molecule has 194 valence electrons. The number of carboxylic acids is 2. The van der Waals surface area contributed by atoms with E-state index in [0.29, 0.717) is 19.5 Å². The lowest BCUT2D eigenvalue weighted by Crippen LogP contribution is -2.67. The third kappa shape index (κ3) is 15.0. The van der Waals surface area contributed by atoms with E-state index in [1.807, 2.05) is 13.8 Å². The van der Waals surface area contributed by atoms with Crippen LogP contribution in [0.5, 0.6) is 0 Å². The summed E-state index contributed by atoms with van der Waals surface area (Å²) < 4.78 is 0. The zero-order valence-electron chi connectivity index (χ0n) is 21.2. The maximum Gasteiger partial charge on any atom is 0.344 e. The summed E-state index contributed by atoms with van der Waals surface area (Å²) in [5.74, 6) is -2.74. The van der Waals surface area contributed by atoms with Gasteiger partial charge in [-0.2, -0.15) is 0 Å². The fourth-order valence-corrected chi connectivity index (χ4v) is 3.77. The minimum atomic E-state index is -1.81. The third-order valence-electron chi connectivity index (χ3n) is 5.91. The largest absolute Gasteiger partial charge is 0.480 e. The van der Waals surface area contributed by atoms with Crippen LogP contribution in [0.3, 0.4) is 0 Å². The minimum absolute atomic E-state index is 0.237. The fourth-order valence-electron chi connectivity index (χ4n) is 3.77. The highest BCUT2D eigenvalue weighted by Crippen LogP contribution is 2.15. The fraction of sp³-hybridized carbons (Fsp3) is 0.880. The Morgan fingerprint density at radius 3 is 1.76 bits per heavy atom. The number of unbranched alkanes of at least 4 members (excludes halogenated alkanes) is 10. The maximum atomic E-state index is 12.6. The molecule has 0 spiro atoms. The second-order valence-corrected chi connectivity index (χ2v) is 9.02. The number of nitrogens with one attached hydrogen (secondary N) is 3. The molecule has 2 atom stereocenters. The Hall–Kier alpha value is -1.67. The van der Waals surface area contributed by atoms with Crippen molar-refractivity contribution >= 4 is 17.8 Å². The Bertz CT molecular complexity index is 544. The van der Waals surface area contributed by atoms with Crippen LogP contribution in [0.2, 0.25) is 0 Å². The van der Waals surface area contributed by atoms with E-state index < -0.39 is 23.6 Å². The van der Waals surface area contributed by atoms with Gasteiger partial charge in [-0.25, -0.2) is 4.79 Å². The molecule has 1 amide bonds. The van der Waals surface area contributed by atoms with E-state index in [1.54, 1.807) is 0 Å². The number of hydrogen-bond donors (Lipinski definition) is 5. The predicted molar refractivity (Wildman–Crippen MR) is 132 cm³/mol. The molecule has 0 aromatic rings. The SMILES string of the molecule is CCCCCCCCCCCC(=O)N[C@](CC(NCCCC)C(=O)O)(NCCCC)C(=O)O. The van der Waals surface area contributed by atoms with Gasteiger partial charge in [-0.1, -0.05) is 85.0 Å². The molecule has 5 N–H and O–H groups in total. The third-order valence-corrected chi connectivity index (χ3v) is 5.91. The van der Waals surface area contributed by atoms with Crippen LogP contribution in [-0.4, -0.2) is 52.9 Å². The lowest BCUT2D eigenvalue weighted by Gasteiger charge is -2.34. The highest BCUT2D eigenvalue weighted by molar-refractivity contribution is 5.87. The van der Waals surface area contributed by atoms with Crippen molar-refractivity contribution in [3.8, 4) is 0 Å². The molecule has 0 heterocycles. The molecule has 8 heteroatoms. The summed E-state index contributed by atoms with van der Waals surface area (Å²) in [6.45, 7) is 7.04. The van der Waals surface area contributed by atoms with Crippen LogP contribution in [0, 0.1) is 0 Å². The summed E-state index contributed by atoms with van der Waals surface area (Å²) in [6, 6.07) is -1.07. The molecule has 0 aliphatic rings. The number of amides is 1. The van der Waals surface area contributed by atoms with Gasteiger partial charge in [0.2, 0.25) is 5.91 Å². The van der Waals surface area contributed by atoms with Crippen molar-refractivity contribution in [3.05, 3.63) is 0 Å². The number of carboxylic acid groups (broad SMARTS) is 2. The Morgan fingerprint density at radius 1 is 0.727 bits per heavy atom. The molecule has 0 aliphatic carbocycles. The molecular formula is C25H49N3O5. The van der Waals surface area contributed by atoms with E-state index in [9.17, 15) is 24.6 Å². The highest BCUT2D eigenvalue weighted by Gasteiger charge is 2.43. The Labute approximate surface area is 200 Å². The van der Waals surface area contributed by atoms with Crippen molar-refractivity contribution in [1.82, 2.24) is 16.0 Å². The van der Waals surface area contributed by atoms with Gasteiger partial charge in [0.25, 0.3) is 0 Å². The van der Waals surface area contributed by atoms with Crippen molar-refractivity contribution in [1.29, 1.82) is 0 Å². The van der Waals surface area contributed by atoms with Crippen molar-refractivity contribution in [2.24, 2.45) is 0 Å². The molecule has 0 bridgehead atoms. The highest BCUT2D eigenvalue weighted by atomic mass is 16.4. The molecule has 0 saturated carbocycles. The average molecular weight is 472 g/mol. The van der Waals surface area contributed by atoms with Gasteiger partial charge in [0.1, 0.15) is 6.04 Å². The van der Waals surface area contributed by atoms with Crippen LogP contribution in [-0.2, 0) is 14.4 Å². The van der Waals surface area contributed by atoms with Gasteiger partial charge >= 0.3 is 11.9 Å². The zero-order valence-corrected chi connectivity index (χ0v) is 21.2. The topological polar surface area (TPSA) is 128 Å².